The third-order valence-corrected chi connectivity index (χ3v) is 3.00. The lowest BCUT2D eigenvalue weighted by atomic mass is 10.8. The van der Waals surface area contributed by atoms with Gasteiger partial charge in [-0.05, 0) is 0 Å². The molecule has 0 aromatic heterocycles. The molecule has 0 atom stereocenters. The highest BCUT2D eigenvalue weighted by Gasteiger charge is 2.40. The number of carbonyl (C=O) groups is 1. The number of nitrogens with one attached hydrogen (secondary N) is 1. The van der Waals surface area contributed by atoms with Crippen LogP contribution in [0, 0.1) is 0 Å². The summed E-state index contributed by atoms with van der Waals surface area (Å²) in [5.74, 6) is -0.391. The smallest absolute Gasteiger partial charge is 0.359 e. The molecule has 0 bridgehead atoms. The molecule has 2 aliphatic heterocycles. The molecule has 0 radical (unpaired) electrons. The van der Waals surface area contributed by atoms with Crippen LogP contribution in [-0.4, -0.2) is 51.0 Å². The number of guanidine groups is 1. The van der Waals surface area contributed by atoms with Crippen LogP contribution < -0.4 is 4.72 Å². The summed E-state index contributed by atoms with van der Waals surface area (Å²) in [6.07, 6.45) is 0. The van der Waals surface area contributed by atoms with Crippen molar-refractivity contribution in [2.24, 2.45) is 15.0 Å². The molecule has 2 amide bonds. The van der Waals surface area contributed by atoms with Crippen molar-refractivity contribution in [2.45, 2.75) is 0 Å². The predicted molar refractivity (Wildman–Crippen MR) is 55.6 cm³/mol. The summed E-state index contributed by atoms with van der Waals surface area (Å²) >= 11 is 0. The molecule has 1 N–H and O–H groups in total. The Kier molecular flexibility index (Phi) is 2.46. The van der Waals surface area contributed by atoms with Crippen molar-refractivity contribution >= 4 is 34.2 Å². The fourth-order valence-electron chi connectivity index (χ4n) is 1.14. The fraction of sp³-hybridized carbons (Fsp3) is 0.333. The Bertz CT molecular complexity index is 561. The van der Waals surface area contributed by atoms with Gasteiger partial charge in [-0.2, -0.15) is 18.4 Å². The standard InChI is InChI=1S/C6H7N5O5S/c1-15-5-8-3-7-4(12)10-17(13,14)11(3)6(9-5)16-2/h1-2H3,(H,10,12). The minimum Gasteiger partial charge on any atom is -0.467 e. The Morgan fingerprint density at radius 2 is 1.88 bits per heavy atom. The number of ether oxygens (including phenoxy) is 2. The van der Waals surface area contributed by atoms with Crippen molar-refractivity contribution < 1.29 is 22.7 Å². The van der Waals surface area contributed by atoms with E-state index in [-0.39, 0.29) is 12.0 Å². The quantitative estimate of drug-likeness (QED) is 0.576. The van der Waals surface area contributed by atoms with Crippen molar-refractivity contribution in [3.63, 3.8) is 0 Å². The average Bonchev–Trinajstić information content (AvgIpc) is 2.25. The minimum atomic E-state index is -4.14. The highest BCUT2D eigenvalue weighted by atomic mass is 32.2. The number of fused-ring (bicyclic) bond motifs is 1. The fourth-order valence-corrected chi connectivity index (χ4v) is 2.11. The van der Waals surface area contributed by atoms with Gasteiger partial charge in [-0.25, -0.2) is 9.52 Å². The summed E-state index contributed by atoms with van der Waals surface area (Å²) in [5, 5.41) is 0. The van der Waals surface area contributed by atoms with Crippen LogP contribution in [0.5, 0.6) is 0 Å². The van der Waals surface area contributed by atoms with Crippen molar-refractivity contribution in [1.29, 1.82) is 0 Å². The largest absolute Gasteiger partial charge is 0.467 e. The van der Waals surface area contributed by atoms with Gasteiger partial charge in [0.15, 0.2) is 0 Å². The van der Waals surface area contributed by atoms with Crippen molar-refractivity contribution in [1.82, 2.24) is 9.03 Å². The van der Waals surface area contributed by atoms with Gasteiger partial charge in [-0.1, -0.05) is 0 Å². The molecule has 17 heavy (non-hydrogen) atoms. The lowest BCUT2D eigenvalue weighted by Gasteiger charge is -2.27. The van der Waals surface area contributed by atoms with E-state index in [0.717, 1.165) is 0 Å². The van der Waals surface area contributed by atoms with Crippen LogP contribution in [-0.2, 0) is 19.7 Å². The van der Waals surface area contributed by atoms with Crippen LogP contribution in [0.2, 0.25) is 0 Å². The number of amidine groups is 2. The summed E-state index contributed by atoms with van der Waals surface area (Å²) < 4.78 is 35.0. The van der Waals surface area contributed by atoms with Crippen molar-refractivity contribution in [3.05, 3.63) is 0 Å². The molecular formula is C6H7N5O5S. The summed E-state index contributed by atoms with van der Waals surface area (Å²) in [6, 6.07) is -1.54. The first-order chi connectivity index (χ1) is 7.97. The molecule has 11 heteroatoms. The van der Waals surface area contributed by atoms with Crippen LogP contribution in [0.3, 0.4) is 0 Å². The minimum absolute atomic E-state index is 0.165. The Morgan fingerprint density at radius 3 is 2.47 bits per heavy atom. The number of urea groups is 1. The molecular weight excluding hydrogens is 254 g/mol. The number of hydrogen-bond donors (Lipinski definition) is 1. The van der Waals surface area contributed by atoms with Gasteiger partial charge in [-0.15, -0.1) is 9.30 Å². The Labute approximate surface area is 95.8 Å². The van der Waals surface area contributed by atoms with Crippen LogP contribution >= 0.6 is 0 Å². The number of carbonyl (C=O) groups excluding carboxylic acids is 1. The SMILES string of the molecule is COC1=NC2=NC(=O)NS(=O)(=O)N2C(OC)=N1. The zero-order valence-electron chi connectivity index (χ0n) is 8.74. The molecule has 0 fully saturated rings. The normalized spacial score (nSPS) is 21.6. The Morgan fingerprint density at radius 1 is 1.18 bits per heavy atom. The van der Waals surface area contributed by atoms with E-state index in [4.69, 9.17) is 9.47 Å². The zero-order valence-corrected chi connectivity index (χ0v) is 9.55. The number of hydrogen-bond acceptors (Lipinski definition) is 7. The van der Waals surface area contributed by atoms with E-state index < -0.39 is 22.2 Å². The van der Waals surface area contributed by atoms with Gasteiger partial charge >= 0.3 is 28.3 Å². The summed E-state index contributed by atoms with van der Waals surface area (Å²) in [6.45, 7) is 0. The first-order valence-electron chi connectivity index (χ1n) is 4.19. The summed E-state index contributed by atoms with van der Waals surface area (Å²) in [7, 11) is -1.65. The highest BCUT2D eigenvalue weighted by Crippen LogP contribution is 2.14. The van der Waals surface area contributed by atoms with E-state index in [1.807, 2.05) is 0 Å². The molecule has 0 aromatic rings. The van der Waals surface area contributed by atoms with E-state index in [9.17, 15) is 13.2 Å². The van der Waals surface area contributed by atoms with E-state index in [0.29, 0.717) is 4.31 Å². The molecule has 0 saturated heterocycles. The molecule has 0 aliphatic carbocycles. The summed E-state index contributed by atoms with van der Waals surface area (Å²) in [5.41, 5.74) is 0. The van der Waals surface area contributed by atoms with Gasteiger partial charge in [0.2, 0.25) is 0 Å². The van der Waals surface area contributed by atoms with Crippen LogP contribution in [0.1, 0.15) is 0 Å². The number of amides is 2. The second-order valence-corrected chi connectivity index (χ2v) is 4.30. The van der Waals surface area contributed by atoms with E-state index in [2.05, 4.69) is 15.0 Å². The summed E-state index contributed by atoms with van der Waals surface area (Å²) in [4.78, 5) is 21.7. The lowest BCUT2D eigenvalue weighted by molar-refractivity contribution is 0.252. The average molecular weight is 261 g/mol. The van der Waals surface area contributed by atoms with Crippen molar-refractivity contribution in [3.8, 4) is 0 Å². The second kappa shape index (κ2) is 3.69. The van der Waals surface area contributed by atoms with E-state index in [1.165, 1.54) is 14.2 Å². The molecule has 0 aromatic carbocycles. The zero-order chi connectivity index (χ0) is 12.6. The van der Waals surface area contributed by atoms with Gasteiger partial charge in [0.05, 0.1) is 14.2 Å². The molecule has 92 valence electrons. The second-order valence-electron chi connectivity index (χ2n) is 2.79. The monoisotopic (exact) mass is 261 g/mol. The maximum Gasteiger partial charge on any atom is 0.359 e. The van der Waals surface area contributed by atoms with Crippen LogP contribution in [0.4, 0.5) is 4.79 Å². The molecule has 0 spiro atoms. The molecule has 2 rings (SSSR count). The van der Waals surface area contributed by atoms with Gasteiger partial charge in [-0.3, -0.25) is 0 Å². The molecule has 10 nitrogen and oxygen atoms in total. The molecule has 2 aliphatic rings. The number of nitrogens with zero attached hydrogens (tertiary/aromatic N) is 4. The first-order valence-corrected chi connectivity index (χ1v) is 5.63. The number of rotatable bonds is 0. The van der Waals surface area contributed by atoms with E-state index in [1.54, 1.807) is 4.72 Å². The predicted octanol–water partition coefficient (Wildman–Crippen LogP) is -1.37. The van der Waals surface area contributed by atoms with Crippen LogP contribution in [0.15, 0.2) is 15.0 Å². The van der Waals surface area contributed by atoms with Gasteiger partial charge < -0.3 is 9.47 Å². The highest BCUT2D eigenvalue weighted by molar-refractivity contribution is 7.89. The molecule has 0 unspecified atom stereocenters. The maximum absolute atomic E-state index is 11.6. The maximum atomic E-state index is 11.6. The lowest BCUT2D eigenvalue weighted by Crippen LogP contribution is -2.54. The first kappa shape index (κ1) is 11.3. The molecule has 0 saturated carbocycles. The van der Waals surface area contributed by atoms with E-state index >= 15 is 0 Å². The Hall–Kier alpha value is -2.17. The number of methoxy groups -OCH3 is 2. The third kappa shape index (κ3) is 1.80. The molecule has 2 heterocycles. The van der Waals surface area contributed by atoms with Gasteiger partial charge in [0.1, 0.15) is 0 Å². The Balaban J connectivity index is 2.59. The third-order valence-electron chi connectivity index (χ3n) is 1.77. The van der Waals surface area contributed by atoms with Gasteiger partial charge in [0, 0.05) is 0 Å². The van der Waals surface area contributed by atoms with Gasteiger partial charge in [0.25, 0.3) is 5.96 Å². The van der Waals surface area contributed by atoms with Crippen LogP contribution in [0.25, 0.3) is 0 Å². The number of aliphatic imine (C=N–C) groups is 3. The topological polar surface area (TPSA) is 122 Å². The van der Waals surface area contributed by atoms with Crippen molar-refractivity contribution in [2.75, 3.05) is 14.2 Å².